The number of ether oxygens (including phenoxy) is 1. The van der Waals surface area contributed by atoms with Gasteiger partial charge in [-0.25, -0.2) is 4.79 Å². The van der Waals surface area contributed by atoms with E-state index < -0.39 is 5.97 Å². The summed E-state index contributed by atoms with van der Waals surface area (Å²) in [6, 6.07) is 3.56. The standard InChI is InChI=1S/C20H25NO4/c1-12-13(2)15(4)19(16(5)14(12)3)20(23)25-11-18(22)21(6)10-17-8-7-9-24-17/h7-9H,10-11H2,1-6H3. The number of amides is 1. The number of esters is 1. The van der Waals surface area contributed by atoms with Crippen molar-refractivity contribution < 1.29 is 18.7 Å². The van der Waals surface area contributed by atoms with Crippen LogP contribution in [0.15, 0.2) is 22.8 Å². The van der Waals surface area contributed by atoms with Gasteiger partial charge in [-0.05, 0) is 74.6 Å². The second-order valence-corrected chi connectivity index (χ2v) is 6.41. The number of carbonyl (C=O) groups excluding carboxylic acids is 2. The molecule has 0 radical (unpaired) electrons. The molecule has 0 bridgehead atoms. The molecule has 1 aromatic heterocycles. The largest absolute Gasteiger partial charge is 0.467 e. The maximum Gasteiger partial charge on any atom is 0.339 e. The summed E-state index contributed by atoms with van der Waals surface area (Å²) >= 11 is 0. The summed E-state index contributed by atoms with van der Waals surface area (Å²) in [5, 5.41) is 0. The average Bonchev–Trinajstić information content (AvgIpc) is 3.09. The number of carbonyl (C=O) groups is 2. The van der Waals surface area contributed by atoms with Gasteiger partial charge in [0.15, 0.2) is 6.61 Å². The van der Waals surface area contributed by atoms with Crippen LogP contribution in [0.1, 0.15) is 43.9 Å². The molecule has 2 rings (SSSR count). The quantitative estimate of drug-likeness (QED) is 0.778. The maximum absolute atomic E-state index is 12.5. The summed E-state index contributed by atoms with van der Waals surface area (Å²) in [5.41, 5.74) is 5.71. The average molecular weight is 343 g/mol. The van der Waals surface area contributed by atoms with E-state index in [9.17, 15) is 9.59 Å². The van der Waals surface area contributed by atoms with Crippen LogP contribution >= 0.6 is 0 Å². The monoisotopic (exact) mass is 343 g/mol. The SMILES string of the molecule is Cc1c(C)c(C)c(C(=O)OCC(=O)N(C)Cc2ccco2)c(C)c1C. The highest BCUT2D eigenvalue weighted by Gasteiger charge is 2.21. The highest BCUT2D eigenvalue weighted by molar-refractivity contribution is 5.95. The number of likely N-dealkylation sites (N-methyl/N-ethyl adjacent to an activating group) is 1. The Balaban J connectivity index is 2.07. The van der Waals surface area contributed by atoms with Gasteiger partial charge in [0.25, 0.3) is 5.91 Å². The molecule has 0 unspecified atom stereocenters. The molecule has 0 aliphatic heterocycles. The van der Waals surface area contributed by atoms with Gasteiger partial charge < -0.3 is 14.1 Å². The maximum atomic E-state index is 12.5. The molecule has 1 heterocycles. The van der Waals surface area contributed by atoms with E-state index in [0.29, 0.717) is 17.9 Å². The van der Waals surface area contributed by atoms with Crippen LogP contribution < -0.4 is 0 Å². The van der Waals surface area contributed by atoms with E-state index >= 15 is 0 Å². The molecule has 25 heavy (non-hydrogen) atoms. The molecule has 5 heteroatoms. The van der Waals surface area contributed by atoms with Crippen LogP contribution in [0.4, 0.5) is 0 Å². The number of rotatable bonds is 5. The zero-order chi connectivity index (χ0) is 18.7. The number of furan rings is 1. The summed E-state index contributed by atoms with van der Waals surface area (Å²) in [4.78, 5) is 26.2. The van der Waals surface area contributed by atoms with Gasteiger partial charge in [0.2, 0.25) is 0 Å². The molecule has 0 fully saturated rings. The molecule has 0 spiro atoms. The fraction of sp³-hybridized carbons (Fsp3) is 0.400. The second kappa shape index (κ2) is 7.55. The lowest BCUT2D eigenvalue weighted by atomic mass is 9.90. The van der Waals surface area contributed by atoms with Gasteiger partial charge in [-0.3, -0.25) is 4.79 Å². The molecule has 134 valence electrons. The Morgan fingerprint density at radius 2 is 1.56 bits per heavy atom. The van der Waals surface area contributed by atoms with E-state index in [-0.39, 0.29) is 12.5 Å². The fourth-order valence-corrected chi connectivity index (χ4v) is 2.84. The minimum atomic E-state index is -0.457. The number of benzene rings is 1. The minimum Gasteiger partial charge on any atom is -0.467 e. The summed E-state index contributed by atoms with van der Waals surface area (Å²) in [6.45, 7) is 9.91. The van der Waals surface area contributed by atoms with Gasteiger partial charge in [-0.1, -0.05) is 0 Å². The van der Waals surface area contributed by atoms with Gasteiger partial charge in [0, 0.05) is 7.05 Å². The zero-order valence-corrected chi connectivity index (χ0v) is 15.7. The van der Waals surface area contributed by atoms with Gasteiger partial charge >= 0.3 is 5.97 Å². The van der Waals surface area contributed by atoms with E-state index in [1.807, 2.05) is 34.6 Å². The highest BCUT2D eigenvalue weighted by atomic mass is 16.5. The van der Waals surface area contributed by atoms with Crippen LogP contribution in [-0.2, 0) is 16.1 Å². The van der Waals surface area contributed by atoms with Crippen molar-refractivity contribution in [2.75, 3.05) is 13.7 Å². The summed E-state index contributed by atoms with van der Waals surface area (Å²) in [7, 11) is 1.65. The van der Waals surface area contributed by atoms with Gasteiger partial charge in [0.1, 0.15) is 5.76 Å². The van der Waals surface area contributed by atoms with Crippen molar-refractivity contribution in [2.45, 2.75) is 41.2 Å². The lowest BCUT2D eigenvalue weighted by Crippen LogP contribution is -2.31. The first-order chi connectivity index (χ1) is 11.7. The summed E-state index contributed by atoms with van der Waals surface area (Å²) < 4.78 is 10.5. The minimum absolute atomic E-state index is 0.277. The van der Waals surface area contributed by atoms with Crippen molar-refractivity contribution in [3.8, 4) is 0 Å². The molecule has 0 aliphatic rings. The third kappa shape index (κ3) is 3.92. The summed E-state index contributed by atoms with van der Waals surface area (Å²) in [5.74, 6) is -0.0554. The van der Waals surface area contributed by atoms with Gasteiger partial charge in [-0.15, -0.1) is 0 Å². The second-order valence-electron chi connectivity index (χ2n) is 6.41. The molecule has 0 atom stereocenters. The molecular weight excluding hydrogens is 318 g/mol. The van der Waals surface area contributed by atoms with Crippen LogP contribution in [-0.4, -0.2) is 30.4 Å². The lowest BCUT2D eigenvalue weighted by molar-refractivity contribution is -0.134. The predicted octanol–water partition coefficient (Wildman–Crippen LogP) is 3.64. The first-order valence-corrected chi connectivity index (χ1v) is 8.24. The Kier molecular flexibility index (Phi) is 5.67. The third-order valence-electron chi connectivity index (χ3n) is 4.93. The van der Waals surface area contributed by atoms with Crippen molar-refractivity contribution in [3.05, 3.63) is 57.5 Å². The zero-order valence-electron chi connectivity index (χ0n) is 15.7. The topological polar surface area (TPSA) is 59.8 Å². The van der Waals surface area contributed by atoms with E-state index in [4.69, 9.17) is 9.15 Å². The number of nitrogens with zero attached hydrogens (tertiary/aromatic N) is 1. The number of hydrogen-bond acceptors (Lipinski definition) is 4. The first-order valence-electron chi connectivity index (χ1n) is 8.24. The van der Waals surface area contributed by atoms with Gasteiger partial charge in [-0.2, -0.15) is 0 Å². The molecule has 0 saturated carbocycles. The Labute approximate surface area is 148 Å². The van der Waals surface area contributed by atoms with Crippen molar-refractivity contribution in [3.63, 3.8) is 0 Å². The normalized spacial score (nSPS) is 10.6. The van der Waals surface area contributed by atoms with E-state index in [0.717, 1.165) is 22.3 Å². The highest BCUT2D eigenvalue weighted by Crippen LogP contribution is 2.26. The Morgan fingerprint density at radius 1 is 1.00 bits per heavy atom. The molecule has 2 aromatic rings. The summed E-state index contributed by atoms with van der Waals surface area (Å²) in [6.07, 6.45) is 1.56. The molecule has 5 nitrogen and oxygen atoms in total. The van der Waals surface area contributed by atoms with E-state index in [2.05, 4.69) is 0 Å². The van der Waals surface area contributed by atoms with Crippen LogP contribution in [0, 0.1) is 34.6 Å². The fourth-order valence-electron chi connectivity index (χ4n) is 2.84. The lowest BCUT2D eigenvalue weighted by Gasteiger charge is -2.19. The van der Waals surface area contributed by atoms with Gasteiger partial charge in [0.05, 0.1) is 18.4 Å². The Bertz CT molecular complexity index is 762. The van der Waals surface area contributed by atoms with E-state index in [1.54, 1.807) is 25.4 Å². The van der Waals surface area contributed by atoms with Crippen LogP contribution in [0.5, 0.6) is 0 Å². The molecule has 1 aromatic carbocycles. The Hall–Kier alpha value is -2.56. The molecule has 0 aliphatic carbocycles. The van der Waals surface area contributed by atoms with Crippen molar-refractivity contribution in [2.24, 2.45) is 0 Å². The smallest absolute Gasteiger partial charge is 0.339 e. The van der Waals surface area contributed by atoms with Crippen molar-refractivity contribution in [1.29, 1.82) is 0 Å². The van der Waals surface area contributed by atoms with Crippen LogP contribution in [0.25, 0.3) is 0 Å². The first kappa shape index (κ1) is 18.8. The van der Waals surface area contributed by atoms with Crippen molar-refractivity contribution in [1.82, 2.24) is 4.90 Å². The molecule has 1 amide bonds. The molecular formula is C20H25NO4. The predicted molar refractivity (Wildman–Crippen MR) is 95.6 cm³/mol. The number of hydrogen-bond donors (Lipinski definition) is 0. The molecule has 0 saturated heterocycles. The van der Waals surface area contributed by atoms with Crippen LogP contribution in [0.3, 0.4) is 0 Å². The molecule has 0 N–H and O–H groups in total. The third-order valence-corrected chi connectivity index (χ3v) is 4.93. The van der Waals surface area contributed by atoms with E-state index in [1.165, 1.54) is 10.5 Å². The van der Waals surface area contributed by atoms with Crippen LogP contribution in [0.2, 0.25) is 0 Å². The van der Waals surface area contributed by atoms with Crippen molar-refractivity contribution >= 4 is 11.9 Å². The Morgan fingerprint density at radius 3 is 2.08 bits per heavy atom.